The summed E-state index contributed by atoms with van der Waals surface area (Å²) in [7, 11) is 2.28. The first kappa shape index (κ1) is 9.51. The summed E-state index contributed by atoms with van der Waals surface area (Å²) < 4.78 is 0. The minimum Gasteiger partial charge on any atom is -0.306 e. The molecule has 0 aromatic heterocycles. The van der Waals surface area contributed by atoms with Crippen LogP contribution in [0.15, 0.2) is 0 Å². The number of nitrogens with zero attached hydrogens (tertiary/aromatic N) is 1. The van der Waals surface area contributed by atoms with Gasteiger partial charge in [-0.3, -0.25) is 0 Å². The van der Waals surface area contributed by atoms with Gasteiger partial charge in [-0.1, -0.05) is 26.2 Å². The van der Waals surface area contributed by atoms with Crippen LogP contribution in [-0.2, 0) is 0 Å². The molecular weight excluding hydrogens is 158 g/mol. The Morgan fingerprint density at radius 1 is 1.15 bits per heavy atom. The van der Waals surface area contributed by atoms with Crippen LogP contribution in [0.4, 0.5) is 0 Å². The van der Waals surface area contributed by atoms with Gasteiger partial charge < -0.3 is 4.90 Å². The van der Waals surface area contributed by atoms with Gasteiger partial charge in [-0.05, 0) is 37.6 Å². The smallest absolute Gasteiger partial charge is 0.000995 e. The lowest BCUT2D eigenvalue weighted by Gasteiger charge is -2.30. The minimum atomic E-state index is 1.05. The first-order valence-electron chi connectivity index (χ1n) is 5.98. The van der Waals surface area contributed by atoms with Crippen LogP contribution in [0.3, 0.4) is 0 Å². The SMILES string of the molecule is CCC[C@H]1CC[C@@H]2CN(C)C[C@@H]2C1. The monoisotopic (exact) mass is 181 g/mol. The van der Waals surface area contributed by atoms with Crippen LogP contribution >= 0.6 is 0 Å². The van der Waals surface area contributed by atoms with Crippen LogP contribution in [-0.4, -0.2) is 25.0 Å². The van der Waals surface area contributed by atoms with Gasteiger partial charge in [-0.2, -0.15) is 0 Å². The van der Waals surface area contributed by atoms with Crippen LogP contribution in [0.25, 0.3) is 0 Å². The molecule has 76 valence electrons. The Labute approximate surface area is 82.5 Å². The lowest BCUT2D eigenvalue weighted by molar-refractivity contribution is 0.214. The third-order valence-electron chi connectivity index (χ3n) is 4.04. The van der Waals surface area contributed by atoms with E-state index in [1.54, 1.807) is 0 Å². The summed E-state index contributed by atoms with van der Waals surface area (Å²) >= 11 is 0. The van der Waals surface area contributed by atoms with E-state index in [2.05, 4.69) is 18.9 Å². The predicted molar refractivity (Wildman–Crippen MR) is 56.7 cm³/mol. The lowest BCUT2D eigenvalue weighted by Crippen LogP contribution is -2.23. The molecule has 2 fully saturated rings. The van der Waals surface area contributed by atoms with E-state index >= 15 is 0 Å². The van der Waals surface area contributed by atoms with Crippen molar-refractivity contribution in [2.75, 3.05) is 20.1 Å². The van der Waals surface area contributed by atoms with Gasteiger partial charge in [0, 0.05) is 13.1 Å². The average molecular weight is 181 g/mol. The fourth-order valence-electron chi connectivity index (χ4n) is 3.43. The fraction of sp³-hybridized carbons (Fsp3) is 1.00. The van der Waals surface area contributed by atoms with Crippen molar-refractivity contribution in [3.63, 3.8) is 0 Å². The molecule has 0 unspecified atom stereocenters. The zero-order chi connectivity index (χ0) is 9.26. The Bertz CT molecular complexity index is 167. The van der Waals surface area contributed by atoms with Gasteiger partial charge in [0.15, 0.2) is 0 Å². The summed E-state index contributed by atoms with van der Waals surface area (Å²) in [6, 6.07) is 0. The van der Waals surface area contributed by atoms with Crippen molar-refractivity contribution in [3.05, 3.63) is 0 Å². The minimum absolute atomic E-state index is 1.05. The van der Waals surface area contributed by atoms with Crippen LogP contribution in [0, 0.1) is 17.8 Å². The van der Waals surface area contributed by atoms with E-state index in [1.807, 2.05) is 0 Å². The van der Waals surface area contributed by atoms with Crippen molar-refractivity contribution in [3.8, 4) is 0 Å². The van der Waals surface area contributed by atoms with E-state index in [0.717, 1.165) is 17.8 Å². The Kier molecular flexibility index (Phi) is 2.92. The molecule has 0 N–H and O–H groups in total. The maximum Gasteiger partial charge on any atom is 0.000995 e. The van der Waals surface area contributed by atoms with Gasteiger partial charge in [0.05, 0.1) is 0 Å². The highest BCUT2D eigenvalue weighted by atomic mass is 15.1. The van der Waals surface area contributed by atoms with Gasteiger partial charge in [0.1, 0.15) is 0 Å². The molecule has 1 aliphatic carbocycles. The highest BCUT2D eigenvalue weighted by Crippen LogP contribution is 2.39. The maximum absolute atomic E-state index is 2.53. The van der Waals surface area contributed by atoms with Gasteiger partial charge >= 0.3 is 0 Å². The van der Waals surface area contributed by atoms with E-state index in [1.165, 1.54) is 45.2 Å². The lowest BCUT2D eigenvalue weighted by atomic mass is 9.74. The Morgan fingerprint density at radius 3 is 2.69 bits per heavy atom. The molecule has 13 heavy (non-hydrogen) atoms. The first-order chi connectivity index (χ1) is 6.29. The van der Waals surface area contributed by atoms with Crippen molar-refractivity contribution in [1.82, 2.24) is 4.90 Å². The molecule has 2 rings (SSSR count). The summed E-state index contributed by atoms with van der Waals surface area (Å²) in [6.07, 6.45) is 7.43. The Morgan fingerprint density at radius 2 is 1.92 bits per heavy atom. The summed E-state index contributed by atoms with van der Waals surface area (Å²) in [4.78, 5) is 2.53. The number of rotatable bonds is 2. The molecule has 0 amide bonds. The zero-order valence-electron chi connectivity index (χ0n) is 9.13. The normalized spacial score (nSPS) is 40.6. The standard InChI is InChI=1S/C12H23N/c1-3-4-10-5-6-11-8-13(2)9-12(11)7-10/h10-12H,3-9H2,1-2H3/t10-,11+,12-/m0/s1. The quantitative estimate of drug-likeness (QED) is 0.633. The molecule has 0 aromatic rings. The molecule has 1 heteroatoms. The third kappa shape index (κ3) is 2.07. The van der Waals surface area contributed by atoms with Crippen molar-refractivity contribution in [1.29, 1.82) is 0 Å². The van der Waals surface area contributed by atoms with E-state index in [0.29, 0.717) is 0 Å². The van der Waals surface area contributed by atoms with Crippen LogP contribution in [0.2, 0.25) is 0 Å². The zero-order valence-corrected chi connectivity index (χ0v) is 9.13. The molecule has 3 atom stereocenters. The van der Waals surface area contributed by atoms with Gasteiger partial charge in [-0.15, -0.1) is 0 Å². The number of hydrogen-bond donors (Lipinski definition) is 0. The molecule has 1 heterocycles. The van der Waals surface area contributed by atoms with E-state index < -0.39 is 0 Å². The van der Waals surface area contributed by atoms with Crippen LogP contribution in [0.5, 0.6) is 0 Å². The molecule has 2 aliphatic rings. The molecule has 1 saturated carbocycles. The average Bonchev–Trinajstić information content (AvgIpc) is 2.44. The fourth-order valence-corrected chi connectivity index (χ4v) is 3.43. The molecule has 0 spiro atoms. The Hall–Kier alpha value is -0.0400. The second kappa shape index (κ2) is 4.00. The van der Waals surface area contributed by atoms with Gasteiger partial charge in [0.2, 0.25) is 0 Å². The van der Waals surface area contributed by atoms with Crippen molar-refractivity contribution in [2.45, 2.75) is 39.0 Å². The second-order valence-electron chi connectivity index (χ2n) is 5.21. The molecular formula is C12H23N. The number of likely N-dealkylation sites (tertiary alicyclic amines) is 1. The van der Waals surface area contributed by atoms with E-state index in [4.69, 9.17) is 0 Å². The summed E-state index contributed by atoms with van der Waals surface area (Å²) in [6.45, 7) is 5.08. The summed E-state index contributed by atoms with van der Waals surface area (Å²) in [5.74, 6) is 3.17. The molecule has 1 aliphatic heterocycles. The van der Waals surface area contributed by atoms with Crippen LogP contribution < -0.4 is 0 Å². The molecule has 1 saturated heterocycles. The van der Waals surface area contributed by atoms with Gasteiger partial charge in [-0.25, -0.2) is 0 Å². The topological polar surface area (TPSA) is 3.24 Å². The Balaban J connectivity index is 1.86. The molecule has 0 aromatic carbocycles. The molecule has 1 nitrogen and oxygen atoms in total. The largest absolute Gasteiger partial charge is 0.306 e. The maximum atomic E-state index is 2.53. The molecule has 0 bridgehead atoms. The summed E-state index contributed by atoms with van der Waals surface area (Å²) in [5, 5.41) is 0. The van der Waals surface area contributed by atoms with E-state index in [9.17, 15) is 0 Å². The third-order valence-corrected chi connectivity index (χ3v) is 4.04. The highest BCUT2D eigenvalue weighted by molar-refractivity contribution is 4.87. The van der Waals surface area contributed by atoms with Crippen molar-refractivity contribution >= 4 is 0 Å². The van der Waals surface area contributed by atoms with Crippen LogP contribution in [0.1, 0.15) is 39.0 Å². The first-order valence-corrected chi connectivity index (χ1v) is 5.98. The van der Waals surface area contributed by atoms with Gasteiger partial charge in [0.25, 0.3) is 0 Å². The number of fused-ring (bicyclic) bond motifs is 1. The highest BCUT2D eigenvalue weighted by Gasteiger charge is 2.35. The summed E-state index contributed by atoms with van der Waals surface area (Å²) in [5.41, 5.74) is 0. The number of hydrogen-bond acceptors (Lipinski definition) is 1. The van der Waals surface area contributed by atoms with E-state index in [-0.39, 0.29) is 0 Å². The molecule has 0 radical (unpaired) electrons. The predicted octanol–water partition coefficient (Wildman–Crippen LogP) is 2.76. The second-order valence-corrected chi connectivity index (χ2v) is 5.21. The van der Waals surface area contributed by atoms with Crippen molar-refractivity contribution < 1.29 is 0 Å². The van der Waals surface area contributed by atoms with Crippen molar-refractivity contribution in [2.24, 2.45) is 17.8 Å².